The van der Waals surface area contributed by atoms with Gasteiger partial charge in [0.05, 0.1) is 13.1 Å². The molecule has 8 N–H and O–H groups in total. The molecule has 0 radical (unpaired) electrons. The molecule has 0 spiro atoms. The van der Waals surface area contributed by atoms with Crippen LogP contribution in [0.15, 0.2) is 0 Å². The fraction of sp³-hybridized carbons (Fsp3) is 0.500. The van der Waals surface area contributed by atoms with E-state index in [0.717, 1.165) is 10.0 Å². The molecule has 0 heterocycles. The van der Waals surface area contributed by atoms with Crippen molar-refractivity contribution < 1.29 is 9.59 Å². The summed E-state index contributed by atoms with van der Waals surface area (Å²) in [6, 6.07) is -1.60. The number of hydrazine groups is 2. The number of hydrogen-bond donors (Lipinski definition) is 4. The van der Waals surface area contributed by atoms with Crippen molar-refractivity contribution in [2.24, 2.45) is 23.2 Å². The molecule has 0 saturated carbocycles. The second-order valence-corrected chi connectivity index (χ2v) is 2.06. The minimum Gasteiger partial charge on any atom is -0.350 e. The zero-order valence-electron chi connectivity index (χ0n) is 6.43. The molecular formula is C4H12N6O2. The molecular weight excluding hydrogens is 164 g/mol. The summed E-state index contributed by atoms with van der Waals surface area (Å²) >= 11 is 0. The highest BCUT2D eigenvalue weighted by Gasteiger charge is 2.07. The van der Waals surface area contributed by atoms with Gasteiger partial charge in [0, 0.05) is 0 Å². The summed E-state index contributed by atoms with van der Waals surface area (Å²) in [6.07, 6.45) is 0. The SMILES string of the molecule is NC(=O)N(N)CCN(N)C(N)=O. The van der Waals surface area contributed by atoms with Crippen LogP contribution in [0, 0.1) is 0 Å². The molecule has 0 saturated heterocycles. The number of nitrogens with zero attached hydrogens (tertiary/aromatic N) is 2. The Labute approximate surface area is 69.0 Å². The molecule has 0 atom stereocenters. The predicted molar refractivity (Wildman–Crippen MR) is 41.0 cm³/mol. The third kappa shape index (κ3) is 3.58. The van der Waals surface area contributed by atoms with Crippen molar-refractivity contribution in [2.75, 3.05) is 13.1 Å². The molecule has 70 valence electrons. The molecule has 0 aromatic rings. The van der Waals surface area contributed by atoms with Gasteiger partial charge in [-0.2, -0.15) is 0 Å². The Bertz CT molecular complexity index is 162. The molecule has 0 fully saturated rings. The number of primary amides is 2. The molecule has 4 amide bonds. The molecule has 0 unspecified atom stereocenters. The highest BCUT2D eigenvalue weighted by Crippen LogP contribution is 1.80. The Morgan fingerprint density at radius 2 is 1.17 bits per heavy atom. The minimum absolute atomic E-state index is 0.0365. The van der Waals surface area contributed by atoms with E-state index in [1.54, 1.807) is 0 Å². The molecule has 0 aliphatic carbocycles. The number of carbonyl (C=O) groups is 2. The standard InChI is InChI=1S/C4H12N6O2/c5-3(11)9(7)1-2-10(8)4(6)12/h1-2,7-8H2,(H2,5,11)(H2,6,12). The zero-order valence-corrected chi connectivity index (χ0v) is 6.43. The average Bonchev–Trinajstić information content (AvgIpc) is 1.98. The van der Waals surface area contributed by atoms with E-state index in [2.05, 4.69) is 0 Å². The van der Waals surface area contributed by atoms with Gasteiger partial charge in [0.2, 0.25) is 0 Å². The molecule has 0 aliphatic rings. The Balaban J connectivity index is 3.68. The lowest BCUT2D eigenvalue weighted by atomic mass is 10.6. The van der Waals surface area contributed by atoms with E-state index in [-0.39, 0.29) is 13.1 Å². The minimum atomic E-state index is -0.798. The molecule has 0 aromatic heterocycles. The second kappa shape index (κ2) is 4.36. The third-order valence-electron chi connectivity index (χ3n) is 1.15. The molecule has 0 bridgehead atoms. The lowest BCUT2D eigenvalue weighted by Crippen LogP contribution is -2.50. The molecule has 0 aromatic carbocycles. The van der Waals surface area contributed by atoms with Crippen molar-refractivity contribution >= 4 is 12.1 Å². The number of hydrogen-bond acceptors (Lipinski definition) is 4. The summed E-state index contributed by atoms with van der Waals surface area (Å²) in [7, 11) is 0. The fourth-order valence-electron chi connectivity index (χ4n) is 0.436. The van der Waals surface area contributed by atoms with Crippen LogP contribution in [0.4, 0.5) is 9.59 Å². The normalized spacial score (nSPS) is 9.17. The lowest BCUT2D eigenvalue weighted by Gasteiger charge is -2.18. The summed E-state index contributed by atoms with van der Waals surface area (Å²) < 4.78 is 0. The quantitative estimate of drug-likeness (QED) is 0.214. The van der Waals surface area contributed by atoms with Gasteiger partial charge in [0.1, 0.15) is 0 Å². The predicted octanol–water partition coefficient (Wildman–Crippen LogP) is -2.50. The summed E-state index contributed by atoms with van der Waals surface area (Å²) in [5.74, 6) is 10.2. The Morgan fingerprint density at radius 3 is 1.33 bits per heavy atom. The number of amides is 4. The summed E-state index contributed by atoms with van der Waals surface area (Å²) in [4.78, 5) is 20.7. The number of urea groups is 2. The number of carbonyl (C=O) groups excluding carboxylic acids is 2. The zero-order chi connectivity index (χ0) is 9.72. The van der Waals surface area contributed by atoms with Crippen LogP contribution in [0.3, 0.4) is 0 Å². The van der Waals surface area contributed by atoms with Gasteiger partial charge in [0.15, 0.2) is 0 Å². The molecule has 8 heteroatoms. The van der Waals surface area contributed by atoms with Crippen molar-refractivity contribution in [3.8, 4) is 0 Å². The Kier molecular flexibility index (Phi) is 3.80. The van der Waals surface area contributed by atoms with Crippen molar-refractivity contribution in [3.63, 3.8) is 0 Å². The van der Waals surface area contributed by atoms with Gasteiger partial charge in [0.25, 0.3) is 0 Å². The third-order valence-corrected chi connectivity index (χ3v) is 1.15. The maximum absolute atomic E-state index is 10.3. The first-order valence-corrected chi connectivity index (χ1v) is 3.08. The van der Waals surface area contributed by atoms with E-state index in [9.17, 15) is 9.59 Å². The number of rotatable bonds is 3. The van der Waals surface area contributed by atoms with Gasteiger partial charge >= 0.3 is 12.1 Å². The van der Waals surface area contributed by atoms with Crippen LogP contribution < -0.4 is 23.2 Å². The lowest BCUT2D eigenvalue weighted by molar-refractivity contribution is 0.186. The Morgan fingerprint density at radius 1 is 0.917 bits per heavy atom. The summed E-state index contributed by atoms with van der Waals surface area (Å²) in [5, 5.41) is 1.45. The van der Waals surface area contributed by atoms with Crippen LogP contribution in [0.5, 0.6) is 0 Å². The van der Waals surface area contributed by atoms with Crippen LogP contribution >= 0.6 is 0 Å². The van der Waals surface area contributed by atoms with E-state index >= 15 is 0 Å². The summed E-state index contributed by atoms with van der Waals surface area (Å²) in [6.45, 7) is 0.0730. The van der Waals surface area contributed by atoms with Crippen LogP contribution in [-0.4, -0.2) is 35.2 Å². The molecule has 8 nitrogen and oxygen atoms in total. The first kappa shape index (κ1) is 10.5. The number of nitrogens with two attached hydrogens (primary N) is 4. The van der Waals surface area contributed by atoms with Gasteiger partial charge in [-0.3, -0.25) is 10.0 Å². The van der Waals surface area contributed by atoms with Gasteiger partial charge in [-0.25, -0.2) is 21.3 Å². The van der Waals surface area contributed by atoms with E-state index in [0.29, 0.717) is 0 Å². The van der Waals surface area contributed by atoms with E-state index in [1.165, 1.54) is 0 Å². The maximum Gasteiger partial charge on any atom is 0.328 e. The van der Waals surface area contributed by atoms with Crippen molar-refractivity contribution in [3.05, 3.63) is 0 Å². The first-order valence-electron chi connectivity index (χ1n) is 3.08. The smallest absolute Gasteiger partial charge is 0.328 e. The van der Waals surface area contributed by atoms with E-state index in [1.807, 2.05) is 0 Å². The summed E-state index contributed by atoms with van der Waals surface area (Å²) in [5.41, 5.74) is 9.57. The molecule has 12 heavy (non-hydrogen) atoms. The second-order valence-electron chi connectivity index (χ2n) is 2.06. The van der Waals surface area contributed by atoms with Crippen LogP contribution in [-0.2, 0) is 0 Å². The van der Waals surface area contributed by atoms with Gasteiger partial charge in [-0.05, 0) is 0 Å². The van der Waals surface area contributed by atoms with Crippen LogP contribution in [0.2, 0.25) is 0 Å². The topological polar surface area (TPSA) is 145 Å². The van der Waals surface area contributed by atoms with Crippen molar-refractivity contribution in [1.82, 2.24) is 10.0 Å². The van der Waals surface area contributed by atoms with Gasteiger partial charge < -0.3 is 11.5 Å². The largest absolute Gasteiger partial charge is 0.350 e. The molecule has 0 rings (SSSR count). The average molecular weight is 176 g/mol. The first-order chi connectivity index (χ1) is 5.45. The van der Waals surface area contributed by atoms with E-state index < -0.39 is 12.1 Å². The fourth-order valence-corrected chi connectivity index (χ4v) is 0.436. The van der Waals surface area contributed by atoms with Crippen molar-refractivity contribution in [2.45, 2.75) is 0 Å². The van der Waals surface area contributed by atoms with Gasteiger partial charge in [-0.15, -0.1) is 0 Å². The van der Waals surface area contributed by atoms with Crippen LogP contribution in [0.25, 0.3) is 0 Å². The highest BCUT2D eigenvalue weighted by atomic mass is 16.2. The van der Waals surface area contributed by atoms with Crippen LogP contribution in [0.1, 0.15) is 0 Å². The van der Waals surface area contributed by atoms with Gasteiger partial charge in [-0.1, -0.05) is 0 Å². The maximum atomic E-state index is 10.3. The monoisotopic (exact) mass is 176 g/mol. The molecule has 0 aliphatic heterocycles. The van der Waals surface area contributed by atoms with Crippen molar-refractivity contribution in [1.29, 1.82) is 0 Å². The van der Waals surface area contributed by atoms with E-state index in [4.69, 9.17) is 23.2 Å². The Hall–Kier alpha value is -1.54. The highest BCUT2D eigenvalue weighted by molar-refractivity contribution is 5.72.